The molecule has 0 unspecified atom stereocenters. The number of nitriles is 1. The van der Waals surface area contributed by atoms with Crippen LogP contribution in [0.1, 0.15) is 17.7 Å². The Morgan fingerprint density at radius 3 is 1.61 bits per heavy atom. The fourth-order valence-corrected chi connectivity index (χ4v) is 7.65. The number of allylic oxidation sites excluding steroid dienone is 2. The molecular formula is C45H31N3O. The van der Waals surface area contributed by atoms with E-state index >= 15 is 0 Å². The molecule has 0 amide bonds. The van der Waals surface area contributed by atoms with Crippen LogP contribution in [-0.2, 0) is 6.42 Å². The lowest BCUT2D eigenvalue weighted by atomic mass is 9.98. The molecule has 3 aromatic heterocycles. The molecule has 0 atom stereocenters. The molecule has 3 heterocycles. The number of furan rings is 1. The molecule has 0 aliphatic heterocycles. The Morgan fingerprint density at radius 1 is 0.592 bits per heavy atom. The minimum atomic E-state index is 0.164. The number of nitrogens with zero attached hydrogens (tertiary/aromatic N) is 3. The van der Waals surface area contributed by atoms with Crippen molar-refractivity contribution in [1.82, 2.24) is 9.13 Å². The van der Waals surface area contributed by atoms with Crippen molar-refractivity contribution in [3.8, 4) is 17.2 Å². The van der Waals surface area contributed by atoms with E-state index in [-0.39, 0.29) is 6.42 Å². The van der Waals surface area contributed by atoms with E-state index < -0.39 is 0 Å². The van der Waals surface area contributed by atoms with Crippen molar-refractivity contribution in [2.75, 3.05) is 0 Å². The molecule has 0 saturated heterocycles. The molecular weight excluding hydrogens is 599 g/mol. The Morgan fingerprint density at radius 2 is 1.08 bits per heavy atom. The van der Waals surface area contributed by atoms with E-state index in [1.807, 2.05) is 12.1 Å². The van der Waals surface area contributed by atoms with E-state index in [2.05, 4.69) is 161 Å². The molecule has 0 spiro atoms. The molecule has 0 aliphatic carbocycles. The van der Waals surface area contributed by atoms with Crippen LogP contribution >= 0.6 is 0 Å². The van der Waals surface area contributed by atoms with Gasteiger partial charge in [0.2, 0.25) is 0 Å². The number of hydrogen-bond acceptors (Lipinski definition) is 2. The van der Waals surface area contributed by atoms with Crippen LogP contribution in [-0.4, -0.2) is 9.13 Å². The average Bonchev–Trinajstić information content (AvgIpc) is 3.80. The number of fused-ring (bicyclic) bond motifs is 7. The molecule has 0 radical (unpaired) electrons. The number of hydrogen-bond donors (Lipinski definition) is 0. The maximum absolute atomic E-state index is 10.7. The second-order valence-corrected chi connectivity index (χ2v) is 12.3. The van der Waals surface area contributed by atoms with Gasteiger partial charge in [0, 0.05) is 38.9 Å². The van der Waals surface area contributed by atoms with E-state index in [0.29, 0.717) is 6.42 Å². The molecule has 9 rings (SSSR count). The van der Waals surface area contributed by atoms with Crippen LogP contribution in [0, 0.1) is 11.3 Å². The number of para-hydroxylation sites is 5. The Labute approximate surface area is 283 Å². The van der Waals surface area contributed by atoms with Gasteiger partial charge in [-0.3, -0.25) is 0 Å². The van der Waals surface area contributed by atoms with Gasteiger partial charge in [0.25, 0.3) is 0 Å². The Hall–Kier alpha value is -6.57. The summed E-state index contributed by atoms with van der Waals surface area (Å²) in [6.45, 7) is 4.14. The van der Waals surface area contributed by atoms with Gasteiger partial charge < -0.3 is 13.6 Å². The maximum atomic E-state index is 10.7. The van der Waals surface area contributed by atoms with Crippen LogP contribution in [0.25, 0.3) is 77.1 Å². The summed E-state index contributed by atoms with van der Waals surface area (Å²) in [5.41, 5.74) is 9.92. The minimum Gasteiger partial charge on any atom is -0.459 e. The monoisotopic (exact) mass is 629 g/mol. The predicted octanol–water partition coefficient (Wildman–Crippen LogP) is 11.8. The van der Waals surface area contributed by atoms with Crippen LogP contribution in [0.3, 0.4) is 0 Å². The van der Waals surface area contributed by atoms with Gasteiger partial charge in [-0.1, -0.05) is 127 Å². The summed E-state index contributed by atoms with van der Waals surface area (Å²) in [5.74, 6) is 0.807. The third-order valence-electron chi connectivity index (χ3n) is 9.61. The molecule has 49 heavy (non-hydrogen) atoms. The van der Waals surface area contributed by atoms with Crippen molar-refractivity contribution in [1.29, 1.82) is 5.26 Å². The van der Waals surface area contributed by atoms with Gasteiger partial charge in [0.1, 0.15) is 11.3 Å². The molecule has 0 aliphatic rings. The minimum absolute atomic E-state index is 0.164. The average molecular weight is 630 g/mol. The maximum Gasteiger partial charge on any atom is 0.142 e. The van der Waals surface area contributed by atoms with Gasteiger partial charge in [-0.05, 0) is 29.8 Å². The van der Waals surface area contributed by atoms with Crippen molar-refractivity contribution in [2.45, 2.75) is 12.8 Å². The highest BCUT2D eigenvalue weighted by Crippen LogP contribution is 2.45. The van der Waals surface area contributed by atoms with E-state index in [4.69, 9.17) is 4.42 Å². The Bertz CT molecular complexity index is 2690. The van der Waals surface area contributed by atoms with Crippen LogP contribution in [0.4, 0.5) is 0 Å². The van der Waals surface area contributed by atoms with Gasteiger partial charge >= 0.3 is 0 Å². The summed E-state index contributed by atoms with van der Waals surface area (Å²) in [7, 11) is 0. The van der Waals surface area contributed by atoms with Crippen molar-refractivity contribution < 1.29 is 4.42 Å². The molecule has 9 aromatic rings. The van der Waals surface area contributed by atoms with Crippen molar-refractivity contribution in [3.05, 3.63) is 170 Å². The standard InChI is InChI=1S/C45H31N3O/c1-2-15-42-43(36-23-14-22-31(45(36)49-42)30-16-4-3-5-17-30)44(48-39-26-12-8-20-34(39)35-21-9-13-27-40(35)48)41(28-29-46)47-37-24-10-6-18-32(37)33-19-7-11-25-38(33)47/h2-14,16-27H,1,15,28H2/b44-41-. The number of aromatic nitrogens is 2. The molecule has 0 saturated carbocycles. The quantitative estimate of drug-likeness (QED) is 0.165. The fraction of sp³-hybridized carbons (Fsp3) is 0.0444. The molecule has 0 bridgehead atoms. The van der Waals surface area contributed by atoms with E-state index in [9.17, 15) is 5.26 Å². The highest BCUT2D eigenvalue weighted by Gasteiger charge is 2.28. The second-order valence-electron chi connectivity index (χ2n) is 12.3. The van der Waals surface area contributed by atoms with Gasteiger partial charge in [-0.2, -0.15) is 5.26 Å². The topological polar surface area (TPSA) is 46.8 Å². The number of benzene rings is 6. The van der Waals surface area contributed by atoms with E-state index in [1.54, 1.807) is 0 Å². The van der Waals surface area contributed by atoms with Gasteiger partial charge in [0.15, 0.2) is 0 Å². The smallest absolute Gasteiger partial charge is 0.142 e. The lowest BCUT2D eigenvalue weighted by molar-refractivity contribution is 0.564. The molecule has 232 valence electrons. The first-order valence-corrected chi connectivity index (χ1v) is 16.6. The summed E-state index contributed by atoms with van der Waals surface area (Å²) < 4.78 is 11.6. The summed E-state index contributed by atoms with van der Waals surface area (Å²) >= 11 is 0. The number of rotatable bonds is 7. The lowest BCUT2D eigenvalue weighted by Crippen LogP contribution is -2.09. The molecule has 0 fully saturated rings. The Kier molecular flexibility index (Phi) is 6.78. The van der Waals surface area contributed by atoms with Crippen molar-refractivity contribution in [3.63, 3.8) is 0 Å². The Balaban J connectivity index is 1.54. The van der Waals surface area contributed by atoms with Crippen LogP contribution in [0.15, 0.2) is 163 Å². The van der Waals surface area contributed by atoms with Gasteiger partial charge in [0.05, 0.1) is 51.5 Å². The zero-order valence-corrected chi connectivity index (χ0v) is 26.8. The molecule has 4 heteroatoms. The first kappa shape index (κ1) is 28.6. The van der Waals surface area contributed by atoms with Crippen molar-refractivity contribution >= 4 is 66.0 Å². The zero-order valence-electron chi connectivity index (χ0n) is 26.8. The lowest BCUT2D eigenvalue weighted by Gasteiger charge is -2.21. The third-order valence-corrected chi connectivity index (χ3v) is 9.61. The SMILES string of the molecule is C=CCc1oc2c(-c3ccccc3)cccc2c1/C(=C(\CC#N)n1c2ccccc2c2ccccc21)n1c2ccccc2c2ccccc21. The van der Waals surface area contributed by atoms with Crippen LogP contribution in [0.2, 0.25) is 0 Å². The highest BCUT2D eigenvalue weighted by molar-refractivity contribution is 6.16. The van der Waals surface area contributed by atoms with Crippen molar-refractivity contribution in [2.24, 2.45) is 0 Å². The molecule has 0 N–H and O–H groups in total. The third kappa shape index (κ3) is 4.37. The normalized spacial score (nSPS) is 12.2. The van der Waals surface area contributed by atoms with E-state index in [0.717, 1.165) is 88.4 Å². The highest BCUT2D eigenvalue weighted by atomic mass is 16.3. The zero-order chi connectivity index (χ0) is 32.9. The predicted molar refractivity (Wildman–Crippen MR) is 203 cm³/mol. The van der Waals surface area contributed by atoms with Crippen LogP contribution in [0.5, 0.6) is 0 Å². The summed E-state index contributed by atoms with van der Waals surface area (Å²) in [6.07, 6.45) is 2.58. The molecule has 4 nitrogen and oxygen atoms in total. The first-order chi connectivity index (χ1) is 24.3. The van der Waals surface area contributed by atoms with Gasteiger partial charge in [-0.25, -0.2) is 0 Å². The second kappa shape index (κ2) is 11.6. The van der Waals surface area contributed by atoms with Gasteiger partial charge in [-0.15, -0.1) is 6.58 Å². The van der Waals surface area contributed by atoms with Crippen LogP contribution < -0.4 is 0 Å². The summed E-state index contributed by atoms with van der Waals surface area (Å²) in [6, 6.07) is 53.4. The largest absolute Gasteiger partial charge is 0.459 e. The summed E-state index contributed by atoms with van der Waals surface area (Å²) in [5, 5.41) is 16.3. The summed E-state index contributed by atoms with van der Waals surface area (Å²) in [4.78, 5) is 0. The van der Waals surface area contributed by atoms with E-state index in [1.165, 1.54) is 0 Å². The first-order valence-electron chi connectivity index (χ1n) is 16.6. The fourth-order valence-electron chi connectivity index (χ4n) is 7.65. The molecule has 6 aromatic carbocycles.